The molecule has 1 aliphatic rings. The van der Waals surface area contributed by atoms with Gasteiger partial charge in [-0.2, -0.15) is 10.4 Å². The Morgan fingerprint density at radius 2 is 2.05 bits per heavy atom. The van der Waals surface area contributed by atoms with Crippen LogP contribution in [0.3, 0.4) is 0 Å². The Bertz CT molecular complexity index is 657. The molecule has 1 fully saturated rings. The van der Waals surface area contributed by atoms with Crippen molar-refractivity contribution in [2.24, 2.45) is 0 Å². The van der Waals surface area contributed by atoms with Crippen molar-refractivity contribution in [2.75, 3.05) is 0 Å². The van der Waals surface area contributed by atoms with Gasteiger partial charge in [-0.15, -0.1) is 0 Å². The Kier molecular flexibility index (Phi) is 2.87. The Morgan fingerprint density at radius 3 is 2.68 bits per heavy atom. The second kappa shape index (κ2) is 4.55. The molecule has 1 heterocycles. The van der Waals surface area contributed by atoms with Crippen LogP contribution in [0.4, 0.5) is 0 Å². The van der Waals surface area contributed by atoms with Crippen molar-refractivity contribution < 1.29 is 0 Å². The second-order valence-corrected chi connectivity index (χ2v) is 5.35. The predicted octanol–water partition coefficient (Wildman–Crippen LogP) is 3.43. The molecular weight excluding hydrogens is 234 g/mol. The molecule has 3 nitrogen and oxygen atoms in total. The molecule has 0 spiro atoms. The highest BCUT2D eigenvalue weighted by atomic mass is 15.3. The standard InChI is InChI=1S/C16H17N3/c1-11-3-6-15(9-12(11)2)19-16(13-4-5-13)10-14(18-19)7-8-17/h3,6,9-10,13H,4-5,7H2,1-2H3. The number of hydrogen-bond acceptors (Lipinski definition) is 2. The van der Waals surface area contributed by atoms with Gasteiger partial charge in [0, 0.05) is 11.6 Å². The summed E-state index contributed by atoms with van der Waals surface area (Å²) in [5.74, 6) is 0.626. The van der Waals surface area contributed by atoms with Crippen LogP contribution in [0, 0.1) is 25.2 Å². The molecule has 0 bridgehead atoms. The first-order valence-electron chi connectivity index (χ1n) is 6.72. The fraction of sp³-hybridized carbons (Fsp3) is 0.375. The summed E-state index contributed by atoms with van der Waals surface area (Å²) >= 11 is 0. The minimum atomic E-state index is 0.386. The summed E-state index contributed by atoms with van der Waals surface area (Å²) in [5.41, 5.74) is 5.81. The highest BCUT2D eigenvalue weighted by Gasteiger charge is 2.28. The Morgan fingerprint density at radius 1 is 1.26 bits per heavy atom. The third-order valence-corrected chi connectivity index (χ3v) is 3.78. The van der Waals surface area contributed by atoms with Gasteiger partial charge in [0.2, 0.25) is 0 Å². The largest absolute Gasteiger partial charge is 0.237 e. The maximum absolute atomic E-state index is 8.83. The maximum atomic E-state index is 8.83. The van der Waals surface area contributed by atoms with Crippen molar-refractivity contribution in [3.8, 4) is 11.8 Å². The van der Waals surface area contributed by atoms with E-state index in [0.29, 0.717) is 12.3 Å². The minimum absolute atomic E-state index is 0.386. The van der Waals surface area contributed by atoms with Gasteiger partial charge in [0.25, 0.3) is 0 Å². The topological polar surface area (TPSA) is 41.6 Å². The summed E-state index contributed by atoms with van der Waals surface area (Å²) in [5, 5.41) is 13.4. The molecule has 3 rings (SSSR count). The minimum Gasteiger partial charge on any atom is -0.237 e. The first-order valence-corrected chi connectivity index (χ1v) is 6.72. The summed E-state index contributed by atoms with van der Waals surface area (Å²) in [6, 6.07) is 10.7. The number of aryl methyl sites for hydroxylation is 2. The smallest absolute Gasteiger partial charge is 0.0793 e. The van der Waals surface area contributed by atoms with Gasteiger partial charge in [-0.3, -0.25) is 0 Å². The summed E-state index contributed by atoms with van der Waals surface area (Å²) < 4.78 is 2.02. The van der Waals surface area contributed by atoms with E-state index in [0.717, 1.165) is 11.4 Å². The van der Waals surface area contributed by atoms with Crippen LogP contribution in [0.5, 0.6) is 0 Å². The summed E-state index contributed by atoms with van der Waals surface area (Å²) in [4.78, 5) is 0. The Labute approximate surface area is 113 Å². The van der Waals surface area contributed by atoms with E-state index in [1.165, 1.54) is 29.7 Å². The quantitative estimate of drug-likeness (QED) is 0.838. The Balaban J connectivity index is 2.07. The van der Waals surface area contributed by atoms with Gasteiger partial charge in [0.05, 0.1) is 23.9 Å². The number of nitrogens with zero attached hydrogens (tertiary/aromatic N) is 3. The second-order valence-electron chi connectivity index (χ2n) is 5.35. The molecule has 0 saturated heterocycles. The molecule has 0 aliphatic heterocycles. The molecule has 0 N–H and O–H groups in total. The zero-order valence-electron chi connectivity index (χ0n) is 11.3. The van der Waals surface area contributed by atoms with Gasteiger partial charge in [-0.25, -0.2) is 4.68 Å². The van der Waals surface area contributed by atoms with Crippen LogP contribution >= 0.6 is 0 Å². The van der Waals surface area contributed by atoms with Crippen LogP contribution < -0.4 is 0 Å². The van der Waals surface area contributed by atoms with Crippen LogP contribution in [-0.2, 0) is 6.42 Å². The molecule has 19 heavy (non-hydrogen) atoms. The third-order valence-electron chi connectivity index (χ3n) is 3.78. The molecule has 0 radical (unpaired) electrons. The van der Waals surface area contributed by atoms with E-state index in [-0.39, 0.29) is 0 Å². The molecular formula is C16H17N3. The molecule has 3 heteroatoms. The molecule has 0 unspecified atom stereocenters. The van der Waals surface area contributed by atoms with Gasteiger partial charge < -0.3 is 0 Å². The molecule has 0 amide bonds. The van der Waals surface area contributed by atoms with Gasteiger partial charge in [0.1, 0.15) is 0 Å². The average Bonchev–Trinajstić information content (AvgIpc) is 3.15. The normalized spacial score (nSPS) is 14.4. The molecule has 0 atom stereocenters. The van der Waals surface area contributed by atoms with Crippen LogP contribution in [0.1, 0.15) is 41.3 Å². The van der Waals surface area contributed by atoms with E-state index in [9.17, 15) is 0 Å². The van der Waals surface area contributed by atoms with Crippen LogP contribution in [0.15, 0.2) is 24.3 Å². The fourth-order valence-corrected chi connectivity index (χ4v) is 2.35. The lowest BCUT2D eigenvalue weighted by Crippen LogP contribution is -2.02. The van der Waals surface area contributed by atoms with E-state index in [1.807, 2.05) is 4.68 Å². The lowest BCUT2D eigenvalue weighted by molar-refractivity contribution is 0.794. The van der Waals surface area contributed by atoms with Crippen molar-refractivity contribution >= 4 is 0 Å². The third kappa shape index (κ3) is 2.26. The number of hydrogen-bond donors (Lipinski definition) is 0. The van der Waals surface area contributed by atoms with E-state index >= 15 is 0 Å². The molecule has 2 aromatic rings. The van der Waals surface area contributed by atoms with Gasteiger partial charge in [-0.1, -0.05) is 6.07 Å². The fourth-order valence-electron chi connectivity index (χ4n) is 2.35. The number of aromatic nitrogens is 2. The van der Waals surface area contributed by atoms with Crippen LogP contribution in [-0.4, -0.2) is 9.78 Å². The molecule has 1 saturated carbocycles. The zero-order chi connectivity index (χ0) is 13.4. The Hall–Kier alpha value is -2.08. The summed E-state index contributed by atoms with van der Waals surface area (Å²) in [6.07, 6.45) is 2.86. The van der Waals surface area contributed by atoms with Gasteiger partial charge >= 0.3 is 0 Å². The number of benzene rings is 1. The van der Waals surface area contributed by atoms with Crippen molar-refractivity contribution in [1.29, 1.82) is 5.26 Å². The summed E-state index contributed by atoms with van der Waals surface area (Å²) in [7, 11) is 0. The van der Waals surface area contributed by atoms with E-state index < -0.39 is 0 Å². The van der Waals surface area contributed by atoms with E-state index in [2.05, 4.69) is 49.3 Å². The molecule has 1 aromatic carbocycles. The maximum Gasteiger partial charge on any atom is 0.0793 e. The first kappa shape index (κ1) is 12.0. The highest BCUT2D eigenvalue weighted by molar-refractivity contribution is 5.41. The van der Waals surface area contributed by atoms with Crippen molar-refractivity contribution in [3.05, 3.63) is 46.8 Å². The van der Waals surface area contributed by atoms with Crippen molar-refractivity contribution in [1.82, 2.24) is 9.78 Å². The molecule has 96 valence electrons. The van der Waals surface area contributed by atoms with Crippen LogP contribution in [0.25, 0.3) is 5.69 Å². The zero-order valence-corrected chi connectivity index (χ0v) is 11.3. The van der Waals surface area contributed by atoms with Gasteiger partial charge in [-0.05, 0) is 56.0 Å². The van der Waals surface area contributed by atoms with E-state index in [1.54, 1.807) is 0 Å². The highest BCUT2D eigenvalue weighted by Crippen LogP contribution is 2.41. The number of rotatable bonds is 3. The summed E-state index contributed by atoms with van der Waals surface area (Å²) in [6.45, 7) is 4.24. The lowest BCUT2D eigenvalue weighted by Gasteiger charge is -2.08. The van der Waals surface area contributed by atoms with Crippen molar-refractivity contribution in [2.45, 2.75) is 39.0 Å². The first-order chi connectivity index (χ1) is 9.19. The number of nitriles is 1. The van der Waals surface area contributed by atoms with Crippen LogP contribution in [0.2, 0.25) is 0 Å². The molecule has 1 aliphatic carbocycles. The monoisotopic (exact) mass is 251 g/mol. The average molecular weight is 251 g/mol. The predicted molar refractivity (Wildman–Crippen MR) is 74.3 cm³/mol. The van der Waals surface area contributed by atoms with Gasteiger partial charge in [0.15, 0.2) is 0 Å². The SMILES string of the molecule is Cc1ccc(-n2nc(CC#N)cc2C2CC2)cc1C. The van der Waals surface area contributed by atoms with Crippen molar-refractivity contribution in [3.63, 3.8) is 0 Å². The molecule has 1 aromatic heterocycles. The lowest BCUT2D eigenvalue weighted by atomic mass is 10.1. The van der Waals surface area contributed by atoms with E-state index in [4.69, 9.17) is 5.26 Å².